The largest absolute Gasteiger partial charge is 0.463 e. The van der Waals surface area contributed by atoms with Crippen LogP contribution in [0.2, 0.25) is 0 Å². The van der Waals surface area contributed by atoms with Gasteiger partial charge in [0.2, 0.25) is 12.1 Å². The minimum atomic E-state index is -1.36. The molecule has 0 unspecified atom stereocenters. The van der Waals surface area contributed by atoms with Crippen molar-refractivity contribution in [3.05, 3.63) is 71.3 Å². The summed E-state index contributed by atoms with van der Waals surface area (Å²) in [4.78, 5) is 60.8. The maximum Gasteiger partial charge on any atom is 0.330 e. The topological polar surface area (TPSA) is 120 Å². The number of hydrogen-bond donors (Lipinski definition) is 2. The molecule has 0 bridgehead atoms. The fourth-order valence-electron chi connectivity index (χ4n) is 5.21. The highest BCUT2D eigenvalue weighted by Gasteiger charge is 2.35. The molecule has 0 radical (unpaired) electrons. The zero-order valence-electron chi connectivity index (χ0n) is 24.5. The summed E-state index contributed by atoms with van der Waals surface area (Å²) in [7, 11) is 0. The van der Waals surface area contributed by atoms with Crippen molar-refractivity contribution >= 4 is 40.9 Å². The van der Waals surface area contributed by atoms with E-state index < -0.39 is 24.1 Å². The number of esters is 1. The maximum atomic E-state index is 14.1. The molecule has 0 aliphatic carbocycles. The summed E-state index contributed by atoms with van der Waals surface area (Å²) in [5.74, 6) is -1.27. The monoisotopic (exact) mass is 573 g/mol. The van der Waals surface area contributed by atoms with Crippen molar-refractivity contribution in [2.24, 2.45) is 4.99 Å². The van der Waals surface area contributed by atoms with Crippen LogP contribution in [0.5, 0.6) is 0 Å². The van der Waals surface area contributed by atoms with Crippen LogP contribution < -0.4 is 15.5 Å². The molecule has 2 N–H and O–H groups in total. The molecule has 1 fully saturated rings. The maximum absolute atomic E-state index is 14.1. The molecule has 42 heavy (non-hydrogen) atoms. The van der Waals surface area contributed by atoms with E-state index in [0.717, 1.165) is 43.2 Å². The van der Waals surface area contributed by atoms with Crippen molar-refractivity contribution < 1.29 is 23.9 Å². The van der Waals surface area contributed by atoms with Crippen molar-refractivity contribution in [2.45, 2.75) is 59.0 Å². The molecule has 0 saturated carbocycles. The lowest BCUT2D eigenvalue weighted by Gasteiger charge is -2.30. The number of amides is 4. The number of benzodiazepines with no additional fused rings is 1. The summed E-state index contributed by atoms with van der Waals surface area (Å²) < 4.78 is 5.04. The molecule has 1 atom stereocenters. The van der Waals surface area contributed by atoms with Gasteiger partial charge in [0.25, 0.3) is 5.91 Å². The molecule has 0 aromatic heterocycles. The Balaban J connectivity index is 1.70. The zero-order chi connectivity index (χ0) is 30.1. The van der Waals surface area contributed by atoms with Gasteiger partial charge >= 0.3 is 12.0 Å². The smallest absolute Gasteiger partial charge is 0.330 e. The first-order chi connectivity index (χ1) is 20.3. The van der Waals surface area contributed by atoms with Gasteiger partial charge in [-0.05, 0) is 62.9 Å². The van der Waals surface area contributed by atoms with Crippen molar-refractivity contribution in [1.29, 1.82) is 0 Å². The van der Waals surface area contributed by atoms with Gasteiger partial charge in [0.05, 0.1) is 18.0 Å². The number of carbonyl (C=O) groups excluding carboxylic acids is 4. The summed E-state index contributed by atoms with van der Waals surface area (Å²) in [6, 6.07) is 12.1. The molecule has 4 rings (SSSR count). The van der Waals surface area contributed by atoms with Crippen molar-refractivity contribution in [1.82, 2.24) is 10.2 Å². The molecule has 4 amide bonds. The lowest BCUT2D eigenvalue weighted by molar-refractivity contribution is -0.137. The van der Waals surface area contributed by atoms with Gasteiger partial charge in [-0.15, -0.1) is 0 Å². The molecular weight excluding hydrogens is 534 g/mol. The standard InChI is InChI=1S/C32H39N5O5/c1-4-42-28(39)17-16-26-25-15-11-13-23(3)29(25)37(21-27(38)36-18-8-6-5-7-9-19-36)31(40)30(34-26)35-32(41)33-24-14-10-12-22(2)20-24/h10-17,20,30H,4-9,18-19,21H2,1-3H3,(H2,33,35,41)/t30-/m0/s1. The van der Waals surface area contributed by atoms with Crippen LogP contribution in [0.4, 0.5) is 16.2 Å². The highest BCUT2D eigenvalue weighted by atomic mass is 16.5. The first-order valence-electron chi connectivity index (χ1n) is 14.5. The molecule has 1 saturated heterocycles. The number of aliphatic imine (C=N–C) groups is 1. The third kappa shape index (κ3) is 7.84. The van der Waals surface area contributed by atoms with Crippen LogP contribution >= 0.6 is 0 Å². The lowest BCUT2D eigenvalue weighted by atomic mass is 10.0. The highest BCUT2D eigenvalue weighted by molar-refractivity contribution is 6.20. The number of nitrogens with zero attached hydrogens (tertiary/aromatic N) is 3. The summed E-state index contributed by atoms with van der Waals surface area (Å²) in [5.41, 5.74) is 3.65. The van der Waals surface area contributed by atoms with E-state index in [-0.39, 0.29) is 19.1 Å². The Hall–Kier alpha value is -4.47. The first kappa shape index (κ1) is 30.5. The van der Waals surface area contributed by atoms with Gasteiger partial charge in [-0.2, -0.15) is 0 Å². The number of aryl methyl sites for hydroxylation is 2. The minimum Gasteiger partial charge on any atom is -0.463 e. The molecule has 10 nitrogen and oxygen atoms in total. The number of fused-ring (bicyclic) bond motifs is 1. The summed E-state index contributed by atoms with van der Waals surface area (Å²) in [6.45, 7) is 6.77. The molecule has 222 valence electrons. The van der Waals surface area contributed by atoms with Crippen LogP contribution in [-0.4, -0.2) is 66.8 Å². The fourth-order valence-corrected chi connectivity index (χ4v) is 5.21. The average Bonchev–Trinajstić information content (AvgIpc) is 3.03. The predicted octanol–water partition coefficient (Wildman–Crippen LogP) is 4.50. The number of nitrogens with one attached hydrogen (secondary N) is 2. The molecule has 2 aliphatic rings. The number of hydrogen-bond acceptors (Lipinski definition) is 6. The van der Waals surface area contributed by atoms with Gasteiger partial charge in [0.1, 0.15) is 6.54 Å². The Kier molecular flexibility index (Phi) is 10.5. The first-order valence-corrected chi connectivity index (χ1v) is 14.5. The third-order valence-corrected chi connectivity index (χ3v) is 7.26. The van der Waals surface area contributed by atoms with E-state index in [1.165, 1.54) is 17.1 Å². The average molecular weight is 574 g/mol. The van der Waals surface area contributed by atoms with E-state index >= 15 is 0 Å². The SMILES string of the molecule is CCOC(=O)C=CC1=N[C@@H](NC(=O)Nc2cccc(C)c2)C(=O)N(CC(=O)N2CCCCCCC2)c2c(C)cccc21. The van der Waals surface area contributed by atoms with Gasteiger partial charge < -0.3 is 20.3 Å². The molecule has 0 spiro atoms. The zero-order valence-corrected chi connectivity index (χ0v) is 24.5. The number of urea groups is 1. The number of carbonyl (C=O) groups is 4. The summed E-state index contributed by atoms with van der Waals surface area (Å²) >= 11 is 0. The Morgan fingerprint density at radius 2 is 1.74 bits per heavy atom. The van der Waals surface area contributed by atoms with Gasteiger partial charge in [-0.25, -0.2) is 14.6 Å². The van der Waals surface area contributed by atoms with Crippen molar-refractivity contribution in [3.63, 3.8) is 0 Å². The molecule has 10 heteroatoms. The van der Waals surface area contributed by atoms with Gasteiger partial charge in [-0.1, -0.05) is 49.6 Å². The van der Waals surface area contributed by atoms with Gasteiger partial charge in [0.15, 0.2) is 0 Å². The molecular formula is C32H39N5O5. The predicted molar refractivity (Wildman–Crippen MR) is 163 cm³/mol. The minimum absolute atomic E-state index is 0.159. The number of rotatable bonds is 7. The van der Waals surface area contributed by atoms with E-state index in [4.69, 9.17) is 4.74 Å². The third-order valence-electron chi connectivity index (χ3n) is 7.26. The Morgan fingerprint density at radius 1 is 1.02 bits per heavy atom. The highest BCUT2D eigenvalue weighted by Crippen LogP contribution is 2.30. The molecule has 2 aliphatic heterocycles. The molecule has 2 aromatic rings. The summed E-state index contributed by atoms with van der Waals surface area (Å²) in [5, 5.41) is 5.42. The van der Waals surface area contributed by atoms with Crippen LogP contribution in [-0.2, 0) is 19.1 Å². The van der Waals surface area contributed by atoms with E-state index in [1.54, 1.807) is 25.1 Å². The van der Waals surface area contributed by atoms with Crippen molar-refractivity contribution in [2.75, 3.05) is 36.5 Å². The number of ether oxygens (including phenoxy) is 1. The van der Waals surface area contributed by atoms with Crippen LogP contribution in [0.25, 0.3) is 0 Å². The van der Waals surface area contributed by atoms with Crippen LogP contribution in [0.3, 0.4) is 0 Å². The number of para-hydroxylation sites is 1. The number of likely N-dealkylation sites (tertiary alicyclic amines) is 1. The van der Waals surface area contributed by atoms with Gasteiger partial charge in [-0.3, -0.25) is 14.5 Å². The Labute approximate surface area is 246 Å². The Bertz CT molecular complexity index is 1380. The fraction of sp³-hybridized carbons (Fsp3) is 0.406. The van der Waals surface area contributed by atoms with E-state index in [1.807, 2.05) is 43.0 Å². The van der Waals surface area contributed by atoms with Crippen LogP contribution in [0, 0.1) is 13.8 Å². The van der Waals surface area contributed by atoms with E-state index in [2.05, 4.69) is 15.6 Å². The number of anilines is 2. The number of allylic oxidation sites excluding steroid dienone is 1. The normalized spacial score (nSPS) is 17.5. The molecule has 2 heterocycles. The Morgan fingerprint density at radius 3 is 2.45 bits per heavy atom. The van der Waals surface area contributed by atoms with Crippen molar-refractivity contribution in [3.8, 4) is 0 Å². The quantitative estimate of drug-likeness (QED) is 0.373. The second-order valence-corrected chi connectivity index (χ2v) is 10.5. The van der Waals surface area contributed by atoms with Crippen LogP contribution in [0.15, 0.2) is 59.6 Å². The van der Waals surface area contributed by atoms with E-state index in [0.29, 0.717) is 35.7 Å². The second-order valence-electron chi connectivity index (χ2n) is 10.5. The van der Waals surface area contributed by atoms with E-state index in [9.17, 15) is 19.2 Å². The number of benzene rings is 2. The lowest BCUT2D eigenvalue weighted by Crippen LogP contribution is -2.52. The van der Waals surface area contributed by atoms with Crippen LogP contribution in [0.1, 0.15) is 55.7 Å². The summed E-state index contributed by atoms with van der Waals surface area (Å²) in [6.07, 6.45) is 6.50. The second kappa shape index (κ2) is 14.4. The molecule has 2 aromatic carbocycles. The van der Waals surface area contributed by atoms with Gasteiger partial charge in [0, 0.05) is 30.4 Å².